The van der Waals surface area contributed by atoms with Crippen LogP contribution in [-0.4, -0.2) is 38.7 Å². The molecule has 0 bridgehead atoms. The number of amides is 1. The van der Waals surface area contributed by atoms with Crippen molar-refractivity contribution in [1.82, 2.24) is 25.0 Å². The fourth-order valence-electron chi connectivity index (χ4n) is 4.74. The molecule has 2 aliphatic rings. The topological polar surface area (TPSA) is 63.1 Å². The molecule has 1 amide bonds. The lowest BCUT2D eigenvalue weighted by Gasteiger charge is -2.27. The predicted octanol–water partition coefficient (Wildman–Crippen LogP) is 4.07. The first-order valence-corrected chi connectivity index (χ1v) is 11.5. The van der Waals surface area contributed by atoms with Crippen LogP contribution in [0.25, 0.3) is 11.0 Å². The highest BCUT2D eigenvalue weighted by atomic mass is 16.1. The Morgan fingerprint density at radius 3 is 2.61 bits per heavy atom. The number of carbonyl (C=O) groups is 1. The minimum Gasteiger partial charge on any atom is -0.348 e. The fraction of sp³-hybridized carbons (Fsp3) is 0.480. The van der Waals surface area contributed by atoms with E-state index in [2.05, 4.69) is 39.6 Å². The van der Waals surface area contributed by atoms with Crippen molar-refractivity contribution in [3.8, 4) is 0 Å². The van der Waals surface area contributed by atoms with Gasteiger partial charge in [0.2, 0.25) is 0 Å². The zero-order chi connectivity index (χ0) is 21.4. The number of piperidine rings is 1. The summed E-state index contributed by atoms with van der Waals surface area (Å²) in [7, 11) is 1.90. The largest absolute Gasteiger partial charge is 0.348 e. The molecule has 1 aliphatic carbocycles. The van der Waals surface area contributed by atoms with Gasteiger partial charge in [-0.25, -0.2) is 4.98 Å². The summed E-state index contributed by atoms with van der Waals surface area (Å²) in [5.41, 5.74) is 5.87. The fourth-order valence-corrected chi connectivity index (χ4v) is 4.74. The normalized spacial score (nSPS) is 17.2. The summed E-state index contributed by atoms with van der Waals surface area (Å²) >= 11 is 0. The van der Waals surface area contributed by atoms with Crippen molar-refractivity contribution >= 4 is 16.9 Å². The van der Waals surface area contributed by atoms with Gasteiger partial charge in [0.05, 0.1) is 16.6 Å². The van der Waals surface area contributed by atoms with Gasteiger partial charge in [0.25, 0.3) is 5.91 Å². The molecule has 2 fully saturated rings. The first-order valence-electron chi connectivity index (χ1n) is 11.5. The Balaban J connectivity index is 1.37. The van der Waals surface area contributed by atoms with E-state index >= 15 is 0 Å². The predicted molar refractivity (Wildman–Crippen MR) is 122 cm³/mol. The van der Waals surface area contributed by atoms with Gasteiger partial charge in [-0.05, 0) is 62.9 Å². The Hall–Kier alpha value is -2.73. The van der Waals surface area contributed by atoms with Gasteiger partial charge in [-0.1, -0.05) is 30.7 Å². The first-order chi connectivity index (χ1) is 15.1. The molecule has 3 heterocycles. The smallest absolute Gasteiger partial charge is 0.252 e. The third-order valence-corrected chi connectivity index (χ3v) is 6.63. The Kier molecular flexibility index (Phi) is 5.48. The number of hydrogen-bond acceptors (Lipinski definition) is 4. The van der Waals surface area contributed by atoms with E-state index in [1.807, 2.05) is 20.0 Å². The van der Waals surface area contributed by atoms with Gasteiger partial charge in [0.15, 0.2) is 5.65 Å². The summed E-state index contributed by atoms with van der Waals surface area (Å²) in [6.45, 7) is 5.77. The van der Waals surface area contributed by atoms with Crippen LogP contribution >= 0.6 is 0 Å². The van der Waals surface area contributed by atoms with Gasteiger partial charge in [-0.2, -0.15) is 5.10 Å². The maximum atomic E-state index is 13.3. The summed E-state index contributed by atoms with van der Waals surface area (Å²) in [5, 5.41) is 8.57. The van der Waals surface area contributed by atoms with E-state index in [9.17, 15) is 4.79 Å². The highest BCUT2D eigenvalue weighted by molar-refractivity contribution is 6.06. The third kappa shape index (κ3) is 4.22. The first kappa shape index (κ1) is 20.2. The van der Waals surface area contributed by atoms with Crippen molar-refractivity contribution in [2.24, 2.45) is 7.05 Å². The van der Waals surface area contributed by atoms with Crippen LogP contribution in [0, 0.1) is 6.92 Å². The van der Waals surface area contributed by atoms with Crippen molar-refractivity contribution in [3.05, 3.63) is 58.4 Å². The summed E-state index contributed by atoms with van der Waals surface area (Å²) in [4.78, 5) is 20.6. The van der Waals surface area contributed by atoms with E-state index in [-0.39, 0.29) is 5.91 Å². The maximum Gasteiger partial charge on any atom is 0.252 e. The van der Waals surface area contributed by atoms with Crippen LogP contribution in [0.4, 0.5) is 0 Å². The monoisotopic (exact) mass is 417 g/mol. The minimum atomic E-state index is -0.0434. The van der Waals surface area contributed by atoms with Gasteiger partial charge in [-0.3, -0.25) is 14.4 Å². The molecule has 3 aromatic rings. The molecule has 31 heavy (non-hydrogen) atoms. The SMILES string of the molecule is Cc1nn(C)c2nc(C3CC3)cc(C(=O)NCc3ccccc3CN3CCCCC3)c12. The Bertz CT molecular complexity index is 1110. The van der Waals surface area contributed by atoms with E-state index in [1.54, 1.807) is 4.68 Å². The molecular formula is C25H31N5O. The average molecular weight is 418 g/mol. The van der Waals surface area contributed by atoms with Crippen LogP contribution in [0.1, 0.15) is 70.9 Å². The van der Waals surface area contributed by atoms with Gasteiger partial charge in [0.1, 0.15) is 0 Å². The summed E-state index contributed by atoms with van der Waals surface area (Å²) < 4.78 is 1.79. The Morgan fingerprint density at radius 1 is 1.13 bits per heavy atom. The van der Waals surface area contributed by atoms with Crippen molar-refractivity contribution in [3.63, 3.8) is 0 Å². The number of carbonyl (C=O) groups excluding carboxylic acids is 1. The van der Waals surface area contributed by atoms with Crippen molar-refractivity contribution in [2.75, 3.05) is 13.1 Å². The Labute approximate surface area is 183 Å². The number of aromatic nitrogens is 3. The maximum absolute atomic E-state index is 13.3. The molecule has 6 nitrogen and oxygen atoms in total. The lowest BCUT2D eigenvalue weighted by molar-refractivity contribution is 0.0952. The number of aryl methyl sites for hydroxylation is 2. The number of nitrogens with one attached hydrogen (secondary N) is 1. The Morgan fingerprint density at radius 2 is 1.87 bits per heavy atom. The zero-order valence-corrected chi connectivity index (χ0v) is 18.5. The second-order valence-corrected chi connectivity index (χ2v) is 9.06. The molecule has 1 N–H and O–H groups in total. The molecule has 1 saturated heterocycles. The van der Waals surface area contributed by atoms with Crippen LogP contribution in [0.5, 0.6) is 0 Å². The molecule has 1 saturated carbocycles. The zero-order valence-electron chi connectivity index (χ0n) is 18.5. The number of likely N-dealkylation sites (tertiary alicyclic amines) is 1. The molecule has 5 rings (SSSR count). The third-order valence-electron chi connectivity index (χ3n) is 6.63. The van der Waals surface area contributed by atoms with Crippen molar-refractivity contribution < 1.29 is 4.79 Å². The van der Waals surface area contributed by atoms with Crippen LogP contribution in [0.15, 0.2) is 30.3 Å². The van der Waals surface area contributed by atoms with Crippen LogP contribution in [0.2, 0.25) is 0 Å². The van der Waals surface area contributed by atoms with Gasteiger partial charge in [-0.15, -0.1) is 0 Å². The quantitative estimate of drug-likeness (QED) is 0.657. The highest BCUT2D eigenvalue weighted by Gasteiger charge is 2.28. The number of benzene rings is 1. The molecule has 1 aromatic carbocycles. The number of fused-ring (bicyclic) bond motifs is 1. The van der Waals surface area contributed by atoms with E-state index in [1.165, 1.54) is 43.5 Å². The molecule has 0 radical (unpaired) electrons. The summed E-state index contributed by atoms with van der Waals surface area (Å²) in [6.07, 6.45) is 6.21. The number of hydrogen-bond donors (Lipinski definition) is 1. The van der Waals surface area contributed by atoms with Crippen LogP contribution in [-0.2, 0) is 20.1 Å². The highest BCUT2D eigenvalue weighted by Crippen LogP contribution is 2.40. The van der Waals surface area contributed by atoms with Gasteiger partial charge >= 0.3 is 0 Å². The molecule has 162 valence electrons. The van der Waals surface area contributed by atoms with E-state index in [0.717, 1.165) is 41.8 Å². The molecule has 0 spiro atoms. The lowest BCUT2D eigenvalue weighted by Crippen LogP contribution is -2.30. The standard InChI is InChI=1S/C25H31N5O/c1-17-23-21(14-22(18-10-11-18)27-24(23)29(2)28-17)25(31)26-15-19-8-4-5-9-20(19)16-30-12-6-3-7-13-30/h4-5,8-9,14,18H,3,6-7,10-13,15-16H2,1-2H3,(H,26,31). The van der Waals surface area contributed by atoms with Gasteiger partial charge in [0, 0.05) is 31.7 Å². The molecule has 6 heteroatoms. The minimum absolute atomic E-state index is 0.0434. The summed E-state index contributed by atoms with van der Waals surface area (Å²) in [5.74, 6) is 0.439. The van der Waals surface area contributed by atoms with Crippen LogP contribution in [0.3, 0.4) is 0 Å². The van der Waals surface area contributed by atoms with E-state index in [4.69, 9.17) is 4.98 Å². The number of rotatable bonds is 6. The molecule has 1 aliphatic heterocycles. The van der Waals surface area contributed by atoms with E-state index < -0.39 is 0 Å². The number of pyridine rings is 1. The molecule has 0 atom stereocenters. The van der Waals surface area contributed by atoms with E-state index in [0.29, 0.717) is 18.0 Å². The van der Waals surface area contributed by atoms with Gasteiger partial charge < -0.3 is 5.32 Å². The average Bonchev–Trinajstić information content (AvgIpc) is 3.59. The van der Waals surface area contributed by atoms with Crippen molar-refractivity contribution in [2.45, 2.75) is 58.0 Å². The number of nitrogens with zero attached hydrogens (tertiary/aromatic N) is 4. The molecule has 2 aromatic heterocycles. The van der Waals surface area contributed by atoms with Crippen LogP contribution < -0.4 is 5.32 Å². The van der Waals surface area contributed by atoms with Crippen molar-refractivity contribution in [1.29, 1.82) is 0 Å². The second kappa shape index (κ2) is 8.42. The lowest BCUT2D eigenvalue weighted by atomic mass is 10.0. The summed E-state index contributed by atoms with van der Waals surface area (Å²) in [6, 6.07) is 10.5. The molecule has 0 unspecified atom stereocenters. The second-order valence-electron chi connectivity index (χ2n) is 9.06. The molecular weight excluding hydrogens is 386 g/mol.